The lowest BCUT2D eigenvalue weighted by molar-refractivity contribution is -0.134. The van der Waals surface area contributed by atoms with Crippen molar-refractivity contribution in [2.45, 2.75) is 0 Å². The monoisotopic (exact) mass is 354 g/mol. The third-order valence-corrected chi connectivity index (χ3v) is 3.89. The quantitative estimate of drug-likeness (QED) is 0.551. The molecule has 0 atom stereocenters. The summed E-state index contributed by atoms with van der Waals surface area (Å²) in [6.07, 6.45) is 0. The minimum absolute atomic E-state index is 0.0634. The maximum atomic E-state index is 12.4. The van der Waals surface area contributed by atoms with Gasteiger partial charge in [-0.15, -0.1) is 5.10 Å². The van der Waals surface area contributed by atoms with Crippen LogP contribution in [0.5, 0.6) is 11.5 Å². The van der Waals surface area contributed by atoms with E-state index in [0.29, 0.717) is 28.1 Å². The Balaban J connectivity index is 2.23. The molecule has 8 heteroatoms. The predicted molar refractivity (Wildman–Crippen MR) is 96.4 cm³/mol. The molecule has 1 heterocycles. The fraction of sp³-hybridized carbons (Fsp3) is 0.167. The molecule has 0 aliphatic heterocycles. The van der Waals surface area contributed by atoms with E-state index in [1.807, 2.05) is 12.1 Å². The smallest absolute Gasteiger partial charge is 0.358 e. The molecular formula is C18H18N4O4. The van der Waals surface area contributed by atoms with E-state index in [2.05, 4.69) is 10.3 Å². The van der Waals surface area contributed by atoms with Gasteiger partial charge in [0.15, 0.2) is 17.2 Å². The lowest BCUT2D eigenvalue weighted by atomic mass is 10.1. The minimum atomic E-state index is -0.632. The van der Waals surface area contributed by atoms with Gasteiger partial charge < -0.3 is 19.9 Å². The molecule has 3 rings (SSSR count). The molecule has 2 N–H and O–H groups in total. The van der Waals surface area contributed by atoms with Gasteiger partial charge in [0.25, 0.3) is 0 Å². The van der Waals surface area contributed by atoms with E-state index in [1.165, 1.54) is 26.0 Å². The first kappa shape index (κ1) is 17.3. The molecule has 0 fully saturated rings. The second-order valence-electron chi connectivity index (χ2n) is 5.31. The third-order valence-electron chi connectivity index (χ3n) is 3.89. The van der Waals surface area contributed by atoms with Crippen LogP contribution in [0.2, 0.25) is 0 Å². The van der Waals surface area contributed by atoms with Gasteiger partial charge >= 0.3 is 5.97 Å². The Morgan fingerprint density at radius 2 is 1.77 bits per heavy atom. The molecule has 0 amide bonds. The van der Waals surface area contributed by atoms with Crippen LogP contribution in [0.3, 0.4) is 0 Å². The number of nitrogens with two attached hydrogens (primary N) is 1. The summed E-state index contributed by atoms with van der Waals surface area (Å²) in [4.78, 5) is 12.4. The largest absolute Gasteiger partial charge is 0.493 e. The normalized spacial score (nSPS) is 11.8. The van der Waals surface area contributed by atoms with E-state index < -0.39 is 5.97 Å². The van der Waals surface area contributed by atoms with Crippen molar-refractivity contribution in [2.75, 3.05) is 21.3 Å². The number of esters is 1. The molecule has 26 heavy (non-hydrogen) atoms. The standard InChI is InChI=1S/C18H18N4O4/c1-24-14-9-8-11(10-15(14)25-2)16(19)17(18(23)26-3)22-13-7-5-4-6-12(13)20-21-22/h4-10H,19H2,1-3H3/b17-16+. The molecule has 0 aliphatic rings. The molecule has 0 radical (unpaired) electrons. The van der Waals surface area contributed by atoms with Crippen molar-refractivity contribution in [3.8, 4) is 11.5 Å². The minimum Gasteiger partial charge on any atom is -0.493 e. The highest BCUT2D eigenvalue weighted by atomic mass is 16.5. The third kappa shape index (κ3) is 2.92. The average Bonchev–Trinajstić information content (AvgIpc) is 3.11. The van der Waals surface area contributed by atoms with Crippen molar-refractivity contribution in [1.29, 1.82) is 0 Å². The molecule has 8 nitrogen and oxygen atoms in total. The van der Waals surface area contributed by atoms with Gasteiger partial charge in [0.1, 0.15) is 5.52 Å². The molecule has 2 aromatic carbocycles. The highest BCUT2D eigenvalue weighted by Gasteiger charge is 2.22. The van der Waals surface area contributed by atoms with Gasteiger partial charge in [-0.2, -0.15) is 0 Å². The lowest BCUT2D eigenvalue weighted by Crippen LogP contribution is -2.17. The van der Waals surface area contributed by atoms with E-state index in [4.69, 9.17) is 19.9 Å². The van der Waals surface area contributed by atoms with Crippen molar-refractivity contribution >= 4 is 28.4 Å². The second-order valence-corrected chi connectivity index (χ2v) is 5.31. The molecule has 3 aromatic rings. The number of hydrogen-bond acceptors (Lipinski definition) is 7. The van der Waals surface area contributed by atoms with Crippen LogP contribution in [0.4, 0.5) is 0 Å². The summed E-state index contributed by atoms with van der Waals surface area (Å²) in [7, 11) is 4.34. The van der Waals surface area contributed by atoms with E-state index >= 15 is 0 Å². The van der Waals surface area contributed by atoms with Crippen LogP contribution in [-0.2, 0) is 9.53 Å². The van der Waals surface area contributed by atoms with Crippen LogP contribution in [0.25, 0.3) is 22.4 Å². The van der Waals surface area contributed by atoms with Gasteiger partial charge in [0.05, 0.1) is 32.5 Å². The van der Waals surface area contributed by atoms with Gasteiger partial charge in [-0.3, -0.25) is 0 Å². The molecule has 1 aromatic heterocycles. The van der Waals surface area contributed by atoms with E-state index in [1.54, 1.807) is 30.3 Å². The van der Waals surface area contributed by atoms with Crippen LogP contribution >= 0.6 is 0 Å². The summed E-state index contributed by atoms with van der Waals surface area (Å²) in [5, 5.41) is 8.12. The number of fused-ring (bicyclic) bond motifs is 1. The SMILES string of the molecule is COC(=O)/C(=C(\N)c1ccc(OC)c(OC)c1)n1nnc2ccccc21. The summed E-state index contributed by atoms with van der Waals surface area (Å²) in [5.41, 5.74) is 8.37. The van der Waals surface area contributed by atoms with Crippen molar-refractivity contribution in [2.24, 2.45) is 5.73 Å². The number of carbonyl (C=O) groups excluding carboxylic acids is 1. The number of para-hydroxylation sites is 1. The topological polar surface area (TPSA) is 101 Å². The first-order chi connectivity index (χ1) is 12.6. The van der Waals surface area contributed by atoms with Gasteiger partial charge in [-0.25, -0.2) is 9.48 Å². The maximum Gasteiger partial charge on any atom is 0.358 e. The van der Waals surface area contributed by atoms with Crippen LogP contribution in [-0.4, -0.2) is 42.3 Å². The zero-order valence-electron chi connectivity index (χ0n) is 14.6. The van der Waals surface area contributed by atoms with Gasteiger partial charge in [-0.05, 0) is 30.3 Å². The fourth-order valence-corrected chi connectivity index (χ4v) is 2.58. The first-order valence-corrected chi connectivity index (χ1v) is 7.72. The number of aromatic nitrogens is 3. The predicted octanol–water partition coefficient (Wildman–Crippen LogP) is 1.91. The lowest BCUT2D eigenvalue weighted by Gasteiger charge is -2.13. The Labute approximate surface area is 149 Å². The second kappa shape index (κ2) is 7.14. The zero-order chi connectivity index (χ0) is 18.7. The summed E-state index contributed by atoms with van der Waals surface area (Å²) in [6, 6.07) is 12.3. The highest BCUT2D eigenvalue weighted by molar-refractivity contribution is 6.19. The Morgan fingerprint density at radius 1 is 1.04 bits per heavy atom. The van der Waals surface area contributed by atoms with Crippen LogP contribution in [0.1, 0.15) is 5.56 Å². The number of methoxy groups -OCH3 is 3. The first-order valence-electron chi connectivity index (χ1n) is 7.72. The maximum absolute atomic E-state index is 12.4. The molecule has 0 saturated carbocycles. The van der Waals surface area contributed by atoms with E-state index in [9.17, 15) is 4.79 Å². The number of carbonyl (C=O) groups is 1. The molecule has 0 bridgehead atoms. The number of ether oxygens (including phenoxy) is 3. The number of rotatable bonds is 5. The van der Waals surface area contributed by atoms with Crippen molar-refractivity contribution in [3.05, 3.63) is 48.0 Å². The van der Waals surface area contributed by atoms with Gasteiger partial charge in [0, 0.05) is 5.56 Å². The zero-order valence-corrected chi connectivity index (χ0v) is 14.6. The average molecular weight is 354 g/mol. The summed E-state index contributed by atoms with van der Waals surface area (Å²) in [5.74, 6) is 0.406. The Hall–Kier alpha value is -3.55. The molecule has 0 spiro atoms. The van der Waals surface area contributed by atoms with Crippen molar-refractivity contribution in [1.82, 2.24) is 15.0 Å². The summed E-state index contributed by atoms with van der Waals surface area (Å²) < 4.78 is 16.8. The molecule has 0 unspecified atom stereocenters. The number of nitrogens with zero attached hydrogens (tertiary/aromatic N) is 3. The Bertz CT molecular complexity index is 994. The van der Waals surface area contributed by atoms with Crippen molar-refractivity contribution in [3.63, 3.8) is 0 Å². The Kier molecular flexibility index (Phi) is 4.74. The Morgan fingerprint density at radius 3 is 2.46 bits per heavy atom. The van der Waals surface area contributed by atoms with Crippen LogP contribution < -0.4 is 15.2 Å². The molecule has 134 valence electrons. The van der Waals surface area contributed by atoms with Crippen LogP contribution in [0, 0.1) is 0 Å². The summed E-state index contributed by atoms with van der Waals surface area (Å²) in [6.45, 7) is 0. The van der Waals surface area contributed by atoms with Crippen LogP contribution in [0.15, 0.2) is 42.5 Å². The number of benzene rings is 2. The summed E-state index contributed by atoms with van der Waals surface area (Å²) >= 11 is 0. The number of hydrogen-bond donors (Lipinski definition) is 1. The van der Waals surface area contributed by atoms with Gasteiger partial charge in [-0.1, -0.05) is 17.3 Å². The molecule has 0 aliphatic carbocycles. The van der Waals surface area contributed by atoms with Crippen molar-refractivity contribution < 1.29 is 19.0 Å². The highest BCUT2D eigenvalue weighted by Crippen LogP contribution is 2.31. The van der Waals surface area contributed by atoms with Gasteiger partial charge in [0.2, 0.25) is 0 Å². The fourth-order valence-electron chi connectivity index (χ4n) is 2.58. The molecular weight excluding hydrogens is 336 g/mol. The molecule has 0 saturated heterocycles. The van der Waals surface area contributed by atoms with E-state index in [-0.39, 0.29) is 11.4 Å². The van der Waals surface area contributed by atoms with E-state index in [0.717, 1.165) is 0 Å².